The molecule has 8 nitrogen and oxygen atoms in total. The lowest BCUT2D eigenvalue weighted by Crippen LogP contribution is -2.53. The fraction of sp³-hybridized carbons (Fsp3) is 0.480. The van der Waals surface area contributed by atoms with Crippen LogP contribution in [0.15, 0.2) is 47.4 Å². The van der Waals surface area contributed by atoms with Gasteiger partial charge in [-0.2, -0.15) is 4.31 Å². The molecule has 1 atom stereocenters. The van der Waals surface area contributed by atoms with E-state index in [1.807, 2.05) is 36.1 Å². The van der Waals surface area contributed by atoms with Crippen LogP contribution in [-0.2, 0) is 14.8 Å². The largest absolute Gasteiger partial charge is 0.497 e. The maximum atomic E-state index is 13.3. The summed E-state index contributed by atoms with van der Waals surface area (Å²) < 4.78 is 38.5. The highest BCUT2D eigenvalue weighted by Gasteiger charge is 2.36. The summed E-state index contributed by atoms with van der Waals surface area (Å²) in [6.07, 6.45) is 1.39. The van der Waals surface area contributed by atoms with Gasteiger partial charge in [0.2, 0.25) is 15.9 Å². The monoisotopic (exact) mass is 487 g/mol. The lowest BCUT2D eigenvalue weighted by Gasteiger charge is -2.39. The van der Waals surface area contributed by atoms with Gasteiger partial charge in [-0.15, -0.1) is 0 Å². The molecule has 2 aliphatic heterocycles. The van der Waals surface area contributed by atoms with Crippen molar-refractivity contribution in [2.75, 3.05) is 58.4 Å². The number of piperidine rings is 1. The number of piperazine rings is 1. The van der Waals surface area contributed by atoms with E-state index in [0.29, 0.717) is 38.2 Å². The summed E-state index contributed by atoms with van der Waals surface area (Å²) in [6.45, 7) is 5.24. The number of anilines is 1. The maximum Gasteiger partial charge on any atom is 0.243 e. The molecule has 0 spiro atoms. The lowest BCUT2D eigenvalue weighted by atomic mass is 9.97. The van der Waals surface area contributed by atoms with Gasteiger partial charge < -0.3 is 19.3 Å². The molecule has 184 valence electrons. The second kappa shape index (κ2) is 10.2. The topological polar surface area (TPSA) is 79.4 Å². The Hall–Kier alpha value is -2.78. The van der Waals surface area contributed by atoms with Gasteiger partial charge in [-0.1, -0.05) is 0 Å². The molecule has 0 aliphatic carbocycles. The van der Waals surface area contributed by atoms with Gasteiger partial charge in [0.15, 0.2) is 0 Å². The van der Waals surface area contributed by atoms with Crippen molar-refractivity contribution in [2.45, 2.75) is 24.7 Å². The predicted octanol–water partition coefficient (Wildman–Crippen LogP) is 2.76. The molecule has 2 heterocycles. The molecule has 2 aromatic rings. The van der Waals surface area contributed by atoms with Crippen LogP contribution in [0.3, 0.4) is 0 Å². The number of carbonyl (C=O) groups is 1. The molecule has 0 aromatic heterocycles. The third-order valence-electron chi connectivity index (χ3n) is 6.77. The number of amides is 1. The zero-order valence-electron chi connectivity index (χ0n) is 20.1. The maximum absolute atomic E-state index is 13.3. The number of hydrogen-bond donors (Lipinski definition) is 0. The van der Waals surface area contributed by atoms with Crippen molar-refractivity contribution in [1.29, 1.82) is 0 Å². The van der Waals surface area contributed by atoms with Gasteiger partial charge >= 0.3 is 0 Å². The van der Waals surface area contributed by atoms with Gasteiger partial charge in [-0.05, 0) is 67.8 Å². The van der Waals surface area contributed by atoms with Crippen molar-refractivity contribution >= 4 is 21.6 Å². The summed E-state index contributed by atoms with van der Waals surface area (Å²) in [5.74, 6) is 1.22. The van der Waals surface area contributed by atoms with Crippen LogP contribution in [0.25, 0.3) is 0 Å². The highest BCUT2D eigenvalue weighted by Crippen LogP contribution is 2.28. The number of hydrogen-bond acceptors (Lipinski definition) is 6. The van der Waals surface area contributed by atoms with Gasteiger partial charge in [0.25, 0.3) is 0 Å². The summed E-state index contributed by atoms with van der Waals surface area (Å²) in [7, 11) is -0.457. The molecule has 0 bridgehead atoms. The normalized spacial score (nSPS) is 19.7. The molecule has 0 unspecified atom stereocenters. The molecule has 2 aliphatic rings. The Labute approximate surface area is 202 Å². The van der Waals surface area contributed by atoms with Crippen LogP contribution in [0.2, 0.25) is 0 Å². The average Bonchev–Trinajstić information content (AvgIpc) is 2.88. The van der Waals surface area contributed by atoms with E-state index in [-0.39, 0.29) is 23.3 Å². The van der Waals surface area contributed by atoms with Crippen LogP contribution in [0.1, 0.15) is 18.4 Å². The van der Waals surface area contributed by atoms with E-state index in [0.717, 1.165) is 30.1 Å². The number of ether oxygens (including phenoxy) is 2. The van der Waals surface area contributed by atoms with Crippen molar-refractivity contribution in [1.82, 2.24) is 9.21 Å². The van der Waals surface area contributed by atoms with Crippen molar-refractivity contribution < 1.29 is 22.7 Å². The minimum atomic E-state index is -3.67. The number of aryl methyl sites for hydroxylation is 1. The van der Waals surface area contributed by atoms with E-state index in [9.17, 15) is 13.2 Å². The zero-order valence-corrected chi connectivity index (χ0v) is 20.9. The Morgan fingerprint density at radius 1 is 0.941 bits per heavy atom. The van der Waals surface area contributed by atoms with Gasteiger partial charge in [0.05, 0.1) is 25.0 Å². The predicted molar refractivity (Wildman–Crippen MR) is 131 cm³/mol. The first-order valence-corrected chi connectivity index (χ1v) is 13.1. The number of methoxy groups -OCH3 is 2. The fourth-order valence-electron chi connectivity index (χ4n) is 4.76. The number of rotatable bonds is 6. The van der Waals surface area contributed by atoms with Gasteiger partial charge in [0, 0.05) is 45.0 Å². The van der Waals surface area contributed by atoms with Gasteiger partial charge in [-0.25, -0.2) is 8.42 Å². The third kappa shape index (κ3) is 5.00. The first-order chi connectivity index (χ1) is 16.3. The Morgan fingerprint density at radius 2 is 1.65 bits per heavy atom. The van der Waals surface area contributed by atoms with Crippen LogP contribution in [0.4, 0.5) is 5.69 Å². The standard InChI is InChI=1S/C25H33N3O5S/c1-19-17-23(10-11-24(19)33-3)34(30,31)28-12-4-5-20(18-28)25(29)27-15-13-26(14-16-27)21-6-8-22(32-2)9-7-21/h6-11,17,20H,4-5,12-16,18H2,1-3H3/t20-/m0/s1. The van der Waals surface area contributed by atoms with E-state index in [1.165, 1.54) is 4.31 Å². The van der Waals surface area contributed by atoms with E-state index < -0.39 is 10.0 Å². The van der Waals surface area contributed by atoms with Crippen LogP contribution in [0, 0.1) is 12.8 Å². The molecule has 1 amide bonds. The van der Waals surface area contributed by atoms with Crippen LogP contribution in [-0.4, -0.2) is 77.0 Å². The highest BCUT2D eigenvalue weighted by molar-refractivity contribution is 7.89. The molecule has 0 saturated carbocycles. The molecular formula is C25H33N3O5S. The Kier molecular flexibility index (Phi) is 7.33. The minimum Gasteiger partial charge on any atom is -0.497 e. The Balaban J connectivity index is 1.38. The number of carbonyl (C=O) groups excluding carboxylic acids is 1. The molecule has 2 aromatic carbocycles. The smallest absolute Gasteiger partial charge is 0.243 e. The first kappa shape index (κ1) is 24.3. The van der Waals surface area contributed by atoms with Crippen LogP contribution >= 0.6 is 0 Å². The molecule has 34 heavy (non-hydrogen) atoms. The SMILES string of the molecule is COc1ccc(N2CCN(C(=O)[C@H]3CCCN(S(=O)(=O)c4ccc(OC)c(C)c4)C3)CC2)cc1. The second-order valence-electron chi connectivity index (χ2n) is 8.84. The zero-order chi connectivity index (χ0) is 24.3. The van der Waals surface area contributed by atoms with Crippen molar-refractivity contribution in [3.05, 3.63) is 48.0 Å². The summed E-state index contributed by atoms with van der Waals surface area (Å²) in [5, 5.41) is 0. The van der Waals surface area contributed by atoms with Crippen LogP contribution in [0.5, 0.6) is 11.5 Å². The van der Waals surface area contributed by atoms with Crippen molar-refractivity contribution in [3.8, 4) is 11.5 Å². The molecule has 9 heteroatoms. The van der Waals surface area contributed by atoms with E-state index >= 15 is 0 Å². The lowest BCUT2D eigenvalue weighted by molar-refractivity contribution is -0.137. The molecule has 4 rings (SSSR count). The number of benzene rings is 2. The minimum absolute atomic E-state index is 0.0557. The fourth-order valence-corrected chi connectivity index (χ4v) is 6.37. The van der Waals surface area contributed by atoms with E-state index in [1.54, 1.807) is 32.4 Å². The summed E-state index contributed by atoms with van der Waals surface area (Å²) in [4.78, 5) is 17.7. The van der Waals surface area contributed by atoms with Crippen LogP contribution < -0.4 is 14.4 Å². The Bertz CT molecular complexity index is 1110. The summed E-state index contributed by atoms with van der Waals surface area (Å²) >= 11 is 0. The molecule has 0 radical (unpaired) electrons. The average molecular weight is 488 g/mol. The van der Waals surface area contributed by atoms with Crippen molar-refractivity contribution in [3.63, 3.8) is 0 Å². The Morgan fingerprint density at radius 3 is 2.26 bits per heavy atom. The highest BCUT2D eigenvalue weighted by atomic mass is 32.2. The van der Waals surface area contributed by atoms with Gasteiger partial charge in [0.1, 0.15) is 11.5 Å². The number of nitrogens with zero attached hydrogens (tertiary/aromatic N) is 3. The van der Waals surface area contributed by atoms with E-state index in [2.05, 4.69) is 4.90 Å². The molecular weight excluding hydrogens is 454 g/mol. The quantitative estimate of drug-likeness (QED) is 0.624. The molecule has 2 fully saturated rings. The number of sulfonamides is 1. The first-order valence-electron chi connectivity index (χ1n) is 11.7. The second-order valence-corrected chi connectivity index (χ2v) is 10.8. The summed E-state index contributed by atoms with van der Waals surface area (Å²) in [5.41, 5.74) is 1.88. The molecule has 0 N–H and O–H groups in total. The van der Waals surface area contributed by atoms with Crippen molar-refractivity contribution in [2.24, 2.45) is 5.92 Å². The summed E-state index contributed by atoms with van der Waals surface area (Å²) in [6, 6.07) is 12.8. The van der Waals surface area contributed by atoms with E-state index in [4.69, 9.17) is 9.47 Å². The third-order valence-corrected chi connectivity index (χ3v) is 8.63. The van der Waals surface area contributed by atoms with Gasteiger partial charge in [-0.3, -0.25) is 4.79 Å². The molecule has 2 saturated heterocycles.